The van der Waals surface area contributed by atoms with Crippen molar-refractivity contribution in [2.45, 2.75) is 13.8 Å². The van der Waals surface area contributed by atoms with Crippen LogP contribution < -0.4 is 5.32 Å². The summed E-state index contributed by atoms with van der Waals surface area (Å²) in [5.74, 6) is 0.367. The molecule has 0 spiro atoms. The van der Waals surface area contributed by atoms with Crippen LogP contribution in [-0.4, -0.2) is 20.7 Å². The quantitative estimate of drug-likeness (QED) is 0.768. The molecule has 0 bridgehead atoms. The van der Waals surface area contributed by atoms with E-state index in [1.165, 1.54) is 17.1 Å². The van der Waals surface area contributed by atoms with Gasteiger partial charge in [0.15, 0.2) is 0 Å². The Morgan fingerprint density at radius 1 is 1.53 bits per heavy atom. The van der Waals surface area contributed by atoms with Crippen LogP contribution in [0.25, 0.3) is 0 Å². The molecule has 0 saturated carbocycles. The van der Waals surface area contributed by atoms with Gasteiger partial charge in [-0.2, -0.15) is 0 Å². The number of rotatable bonds is 1. The van der Waals surface area contributed by atoms with E-state index < -0.39 is 0 Å². The molecular weight excluding hydrogens is 196 g/mol. The summed E-state index contributed by atoms with van der Waals surface area (Å²) < 4.78 is 6.26. The van der Waals surface area contributed by atoms with Gasteiger partial charge in [0.2, 0.25) is 5.88 Å². The van der Waals surface area contributed by atoms with Crippen LogP contribution in [0.1, 0.15) is 11.3 Å². The van der Waals surface area contributed by atoms with Gasteiger partial charge in [0, 0.05) is 18.0 Å². The molecule has 0 aliphatic rings. The minimum atomic E-state index is -0.327. The van der Waals surface area contributed by atoms with Gasteiger partial charge in [0.25, 0.3) is 0 Å². The van der Waals surface area contributed by atoms with Crippen LogP contribution in [0.4, 0.5) is 10.7 Å². The Balaban J connectivity index is 2.16. The van der Waals surface area contributed by atoms with Crippen LogP contribution in [0, 0.1) is 13.8 Å². The molecule has 78 valence electrons. The number of aryl methyl sites for hydroxylation is 1. The topological polar surface area (TPSA) is 73.0 Å². The number of carbonyl (C=O) groups is 1. The molecule has 0 fully saturated rings. The normalized spacial score (nSPS) is 10.3. The fourth-order valence-electron chi connectivity index (χ4n) is 1.07. The van der Waals surface area contributed by atoms with Gasteiger partial charge >= 0.3 is 6.03 Å². The molecule has 6 heteroatoms. The molecule has 2 heterocycles. The second-order valence-corrected chi connectivity index (χ2v) is 3.12. The maximum absolute atomic E-state index is 11.6. The monoisotopic (exact) mass is 206 g/mol. The second-order valence-electron chi connectivity index (χ2n) is 3.12. The largest absolute Gasteiger partial charge is 0.338 e. The van der Waals surface area contributed by atoms with E-state index in [9.17, 15) is 4.79 Å². The van der Waals surface area contributed by atoms with Gasteiger partial charge in [-0.25, -0.2) is 9.78 Å². The summed E-state index contributed by atoms with van der Waals surface area (Å²) >= 11 is 0. The van der Waals surface area contributed by atoms with Crippen LogP contribution in [-0.2, 0) is 0 Å². The number of imidazole rings is 1. The number of aromatic nitrogens is 3. The van der Waals surface area contributed by atoms with Crippen LogP contribution in [0.15, 0.2) is 23.2 Å². The highest BCUT2D eigenvalue weighted by Gasteiger charge is 2.12. The summed E-state index contributed by atoms with van der Waals surface area (Å²) in [4.78, 5) is 15.3. The number of amides is 1. The SMILES string of the molecule is Cc1noc(NC(=O)n2ccnc2)c1C. The molecular formula is C9H10N4O2. The van der Waals surface area contributed by atoms with Crippen LogP contribution in [0.2, 0.25) is 0 Å². The van der Waals surface area contributed by atoms with Crippen molar-refractivity contribution in [3.8, 4) is 0 Å². The highest BCUT2D eigenvalue weighted by molar-refractivity contribution is 5.90. The van der Waals surface area contributed by atoms with E-state index in [0.717, 1.165) is 11.3 Å². The van der Waals surface area contributed by atoms with E-state index in [2.05, 4.69) is 15.5 Å². The fraction of sp³-hybridized carbons (Fsp3) is 0.222. The molecule has 2 aromatic heterocycles. The van der Waals surface area contributed by atoms with Crippen molar-refractivity contribution in [2.24, 2.45) is 0 Å². The van der Waals surface area contributed by atoms with Gasteiger partial charge in [0.1, 0.15) is 6.33 Å². The highest BCUT2D eigenvalue weighted by Crippen LogP contribution is 2.17. The summed E-state index contributed by atoms with van der Waals surface area (Å²) in [6.45, 7) is 3.64. The number of hydrogen-bond acceptors (Lipinski definition) is 4. The summed E-state index contributed by atoms with van der Waals surface area (Å²) in [7, 11) is 0. The molecule has 6 nitrogen and oxygen atoms in total. The average Bonchev–Trinajstić information content (AvgIpc) is 2.83. The first-order valence-electron chi connectivity index (χ1n) is 4.40. The third-order valence-electron chi connectivity index (χ3n) is 2.12. The molecule has 0 aliphatic carbocycles. The van der Waals surface area contributed by atoms with E-state index >= 15 is 0 Å². The Kier molecular flexibility index (Phi) is 2.24. The fourth-order valence-corrected chi connectivity index (χ4v) is 1.07. The number of nitrogens with zero attached hydrogens (tertiary/aromatic N) is 3. The lowest BCUT2D eigenvalue weighted by Gasteiger charge is -2.01. The Morgan fingerprint density at radius 2 is 2.33 bits per heavy atom. The third-order valence-corrected chi connectivity index (χ3v) is 2.12. The number of nitrogens with one attached hydrogen (secondary N) is 1. The minimum Gasteiger partial charge on any atom is -0.338 e. The highest BCUT2D eigenvalue weighted by atomic mass is 16.5. The van der Waals surface area contributed by atoms with E-state index in [4.69, 9.17) is 4.52 Å². The molecule has 0 saturated heterocycles. The summed E-state index contributed by atoms with van der Waals surface area (Å²) in [6.07, 6.45) is 4.49. The molecule has 1 N–H and O–H groups in total. The summed E-state index contributed by atoms with van der Waals surface area (Å²) in [6, 6.07) is -0.327. The zero-order valence-corrected chi connectivity index (χ0v) is 8.39. The molecule has 0 aliphatic heterocycles. The van der Waals surface area contributed by atoms with Crippen molar-refractivity contribution in [3.63, 3.8) is 0 Å². The molecule has 2 rings (SSSR count). The van der Waals surface area contributed by atoms with E-state index in [1.807, 2.05) is 13.8 Å². The van der Waals surface area contributed by atoms with Crippen molar-refractivity contribution in [1.29, 1.82) is 0 Å². The lowest BCUT2D eigenvalue weighted by Crippen LogP contribution is -2.17. The molecule has 1 amide bonds. The Morgan fingerprint density at radius 3 is 2.87 bits per heavy atom. The molecule has 0 unspecified atom stereocenters. The second kappa shape index (κ2) is 3.56. The maximum Gasteiger partial charge on any atom is 0.333 e. The Hall–Kier alpha value is -2.11. The summed E-state index contributed by atoms with van der Waals surface area (Å²) in [5.41, 5.74) is 1.58. The molecule has 2 aromatic rings. The van der Waals surface area contributed by atoms with Crippen molar-refractivity contribution < 1.29 is 9.32 Å². The van der Waals surface area contributed by atoms with Gasteiger partial charge in [-0.3, -0.25) is 9.88 Å². The predicted molar refractivity (Wildman–Crippen MR) is 52.6 cm³/mol. The van der Waals surface area contributed by atoms with Gasteiger partial charge in [-0.1, -0.05) is 5.16 Å². The smallest absolute Gasteiger partial charge is 0.333 e. The number of carbonyl (C=O) groups excluding carboxylic acids is 1. The van der Waals surface area contributed by atoms with Crippen molar-refractivity contribution in [3.05, 3.63) is 30.0 Å². The molecule has 0 radical (unpaired) electrons. The zero-order valence-electron chi connectivity index (χ0n) is 8.39. The van der Waals surface area contributed by atoms with Crippen molar-refractivity contribution in [2.75, 3.05) is 5.32 Å². The predicted octanol–water partition coefficient (Wildman–Crippen LogP) is 1.57. The van der Waals surface area contributed by atoms with Crippen molar-refractivity contribution >= 4 is 11.9 Å². The Bertz CT molecular complexity index is 472. The van der Waals surface area contributed by atoms with Crippen LogP contribution >= 0.6 is 0 Å². The van der Waals surface area contributed by atoms with Gasteiger partial charge < -0.3 is 4.52 Å². The van der Waals surface area contributed by atoms with Crippen molar-refractivity contribution in [1.82, 2.24) is 14.7 Å². The first kappa shape index (κ1) is 9.45. The van der Waals surface area contributed by atoms with Gasteiger partial charge in [0.05, 0.1) is 5.69 Å². The lowest BCUT2D eigenvalue weighted by molar-refractivity contribution is 0.252. The Labute approximate surface area is 85.9 Å². The molecule has 15 heavy (non-hydrogen) atoms. The van der Waals surface area contributed by atoms with Crippen LogP contribution in [0.5, 0.6) is 0 Å². The number of hydrogen-bond donors (Lipinski definition) is 1. The zero-order chi connectivity index (χ0) is 10.8. The first-order chi connectivity index (χ1) is 7.18. The minimum absolute atomic E-state index is 0.327. The third kappa shape index (κ3) is 1.74. The van der Waals surface area contributed by atoms with Crippen LogP contribution in [0.3, 0.4) is 0 Å². The number of anilines is 1. The summed E-state index contributed by atoms with van der Waals surface area (Å²) in [5, 5.41) is 6.32. The van der Waals surface area contributed by atoms with E-state index in [1.54, 1.807) is 6.20 Å². The molecule has 0 atom stereocenters. The van der Waals surface area contributed by atoms with E-state index in [0.29, 0.717) is 5.88 Å². The standard InChI is InChI=1S/C9H10N4O2/c1-6-7(2)12-15-8(6)11-9(14)13-4-3-10-5-13/h3-5H,1-2H3,(H,11,14). The maximum atomic E-state index is 11.6. The lowest BCUT2D eigenvalue weighted by atomic mass is 10.3. The average molecular weight is 206 g/mol. The van der Waals surface area contributed by atoms with E-state index in [-0.39, 0.29) is 6.03 Å². The molecule has 0 aromatic carbocycles. The van der Waals surface area contributed by atoms with Gasteiger partial charge in [-0.05, 0) is 13.8 Å². The first-order valence-corrected chi connectivity index (χ1v) is 4.40. The van der Waals surface area contributed by atoms with Gasteiger partial charge in [-0.15, -0.1) is 0 Å².